The molecule has 0 unspecified atom stereocenters. The van der Waals surface area contributed by atoms with E-state index in [-0.39, 0.29) is 11.8 Å². The third-order valence-corrected chi connectivity index (χ3v) is 5.16. The second-order valence-corrected chi connectivity index (χ2v) is 6.96. The lowest BCUT2D eigenvalue weighted by molar-refractivity contribution is -0.125. The van der Waals surface area contributed by atoms with E-state index in [9.17, 15) is 4.79 Å². The number of rotatable bonds is 5. The number of benzene rings is 1. The number of piperidine rings is 1. The Morgan fingerprint density at radius 2 is 2.21 bits per heavy atom. The third-order valence-electron chi connectivity index (χ3n) is 5.16. The highest BCUT2D eigenvalue weighted by atomic mass is 16.5. The molecule has 28 heavy (non-hydrogen) atoms. The molecule has 0 spiro atoms. The van der Waals surface area contributed by atoms with Gasteiger partial charge in [0.1, 0.15) is 23.3 Å². The van der Waals surface area contributed by atoms with Crippen molar-refractivity contribution in [1.82, 2.24) is 20.4 Å². The molecule has 3 aromatic rings. The zero-order valence-corrected chi connectivity index (χ0v) is 16.0. The van der Waals surface area contributed by atoms with Crippen LogP contribution in [0.3, 0.4) is 0 Å². The fraction of sp³-hybridized carbons (Fsp3) is 0.400. The van der Waals surface area contributed by atoms with Gasteiger partial charge in [-0.25, -0.2) is 4.98 Å². The van der Waals surface area contributed by atoms with Crippen molar-refractivity contribution in [3.05, 3.63) is 41.9 Å². The van der Waals surface area contributed by atoms with E-state index in [0.717, 1.165) is 47.6 Å². The van der Waals surface area contributed by atoms with Crippen LogP contribution in [0.25, 0.3) is 11.1 Å². The molecule has 0 saturated carbocycles. The standard InChI is InChI=1S/C20H23N5O3/c1-13-17-18(22-12-23-20(17)28-24-13)25-9-5-7-15(11-25)19(26)21-10-14-6-3-4-8-16(14)27-2/h3-4,6,8,12,15H,5,7,9-11H2,1-2H3,(H,21,26)/t15-/m1/s1. The maximum Gasteiger partial charge on any atom is 0.263 e. The molecule has 1 N–H and O–H groups in total. The van der Waals surface area contributed by atoms with Crippen LogP contribution in [0, 0.1) is 12.8 Å². The number of aryl methyl sites for hydroxylation is 1. The second kappa shape index (κ2) is 7.84. The summed E-state index contributed by atoms with van der Waals surface area (Å²) < 4.78 is 10.6. The van der Waals surface area contributed by atoms with Gasteiger partial charge >= 0.3 is 0 Å². The number of nitrogens with zero attached hydrogens (tertiary/aromatic N) is 4. The summed E-state index contributed by atoms with van der Waals surface area (Å²) in [6, 6.07) is 7.70. The van der Waals surface area contributed by atoms with Gasteiger partial charge in [0.25, 0.3) is 5.71 Å². The molecule has 1 aliphatic rings. The van der Waals surface area contributed by atoms with Gasteiger partial charge in [0, 0.05) is 25.2 Å². The van der Waals surface area contributed by atoms with Gasteiger partial charge in [-0.3, -0.25) is 4.79 Å². The average Bonchev–Trinajstić information content (AvgIpc) is 3.13. The van der Waals surface area contributed by atoms with Gasteiger partial charge in [-0.05, 0) is 25.8 Å². The van der Waals surface area contributed by atoms with Gasteiger partial charge in [-0.1, -0.05) is 23.4 Å². The van der Waals surface area contributed by atoms with E-state index in [0.29, 0.717) is 18.8 Å². The lowest BCUT2D eigenvalue weighted by Crippen LogP contribution is -2.43. The number of fused-ring (bicyclic) bond motifs is 1. The van der Waals surface area contributed by atoms with Crippen molar-refractivity contribution in [3.8, 4) is 5.75 Å². The quantitative estimate of drug-likeness (QED) is 0.725. The van der Waals surface area contributed by atoms with E-state index in [2.05, 4.69) is 25.3 Å². The molecule has 3 heterocycles. The molecule has 1 saturated heterocycles. The number of para-hydroxylation sites is 1. The van der Waals surface area contributed by atoms with E-state index < -0.39 is 0 Å². The minimum absolute atomic E-state index is 0.0444. The van der Waals surface area contributed by atoms with Gasteiger partial charge in [-0.15, -0.1) is 0 Å². The average molecular weight is 381 g/mol. The Bertz CT molecular complexity index is 987. The van der Waals surface area contributed by atoms with Crippen molar-refractivity contribution in [3.63, 3.8) is 0 Å². The van der Waals surface area contributed by atoms with Crippen LogP contribution < -0.4 is 15.0 Å². The van der Waals surface area contributed by atoms with E-state index in [4.69, 9.17) is 9.26 Å². The number of carbonyl (C=O) groups is 1. The molecule has 8 heteroatoms. The first kappa shape index (κ1) is 18.2. The van der Waals surface area contributed by atoms with E-state index in [1.54, 1.807) is 7.11 Å². The van der Waals surface area contributed by atoms with Gasteiger partial charge < -0.3 is 19.5 Å². The Morgan fingerprint density at radius 3 is 3.07 bits per heavy atom. The molecular weight excluding hydrogens is 358 g/mol. The second-order valence-electron chi connectivity index (χ2n) is 6.96. The first-order chi connectivity index (χ1) is 13.7. The minimum atomic E-state index is -0.103. The Morgan fingerprint density at radius 1 is 1.36 bits per heavy atom. The number of anilines is 1. The molecule has 1 aromatic carbocycles. The van der Waals surface area contributed by atoms with Crippen molar-refractivity contribution in [2.75, 3.05) is 25.1 Å². The van der Waals surface area contributed by atoms with Crippen molar-refractivity contribution >= 4 is 22.8 Å². The van der Waals surface area contributed by atoms with Crippen LogP contribution in [0.15, 0.2) is 35.1 Å². The molecule has 1 amide bonds. The molecule has 0 radical (unpaired) electrons. The lowest BCUT2D eigenvalue weighted by Gasteiger charge is -2.33. The highest BCUT2D eigenvalue weighted by Gasteiger charge is 2.28. The summed E-state index contributed by atoms with van der Waals surface area (Å²) in [5, 5.41) is 7.86. The molecule has 1 fully saturated rings. The molecule has 1 atom stereocenters. The zero-order chi connectivity index (χ0) is 19.5. The Labute approximate surface area is 162 Å². The first-order valence-corrected chi connectivity index (χ1v) is 9.39. The number of amides is 1. The fourth-order valence-electron chi connectivity index (χ4n) is 3.70. The SMILES string of the molecule is COc1ccccc1CNC(=O)[C@@H]1CCCN(c2ncnc3onc(C)c23)C1. The fourth-order valence-corrected chi connectivity index (χ4v) is 3.70. The molecule has 8 nitrogen and oxygen atoms in total. The summed E-state index contributed by atoms with van der Waals surface area (Å²) in [4.78, 5) is 23.5. The largest absolute Gasteiger partial charge is 0.496 e. The number of aromatic nitrogens is 3. The highest BCUT2D eigenvalue weighted by Crippen LogP contribution is 2.29. The van der Waals surface area contributed by atoms with Gasteiger partial charge in [0.15, 0.2) is 0 Å². The number of hydrogen-bond donors (Lipinski definition) is 1. The highest BCUT2D eigenvalue weighted by molar-refractivity contribution is 5.88. The normalized spacial score (nSPS) is 16.9. The number of nitrogens with one attached hydrogen (secondary N) is 1. The molecule has 1 aliphatic heterocycles. The van der Waals surface area contributed by atoms with Crippen molar-refractivity contribution in [2.24, 2.45) is 5.92 Å². The van der Waals surface area contributed by atoms with Crippen LogP contribution in [0.4, 0.5) is 5.82 Å². The first-order valence-electron chi connectivity index (χ1n) is 9.39. The summed E-state index contributed by atoms with van der Waals surface area (Å²) in [5.41, 5.74) is 2.20. The van der Waals surface area contributed by atoms with Gasteiger partial charge in [0.2, 0.25) is 5.91 Å². The lowest BCUT2D eigenvalue weighted by atomic mass is 9.96. The molecule has 0 aliphatic carbocycles. The monoisotopic (exact) mass is 381 g/mol. The number of ether oxygens (including phenoxy) is 1. The van der Waals surface area contributed by atoms with Crippen LogP contribution in [0.2, 0.25) is 0 Å². The van der Waals surface area contributed by atoms with Crippen molar-refractivity contribution in [2.45, 2.75) is 26.3 Å². The molecule has 4 rings (SSSR count). The Kier molecular flexibility index (Phi) is 5.10. The van der Waals surface area contributed by atoms with Crippen LogP contribution in [-0.4, -0.2) is 41.2 Å². The van der Waals surface area contributed by atoms with E-state index in [1.165, 1.54) is 6.33 Å². The molecule has 2 aromatic heterocycles. The summed E-state index contributed by atoms with van der Waals surface area (Å²) in [6.07, 6.45) is 3.25. The summed E-state index contributed by atoms with van der Waals surface area (Å²) >= 11 is 0. The number of methoxy groups -OCH3 is 1. The van der Waals surface area contributed by atoms with E-state index >= 15 is 0 Å². The Balaban J connectivity index is 1.46. The number of hydrogen-bond acceptors (Lipinski definition) is 7. The minimum Gasteiger partial charge on any atom is -0.496 e. The van der Waals surface area contributed by atoms with Crippen molar-refractivity contribution < 1.29 is 14.1 Å². The van der Waals surface area contributed by atoms with Crippen LogP contribution in [0.1, 0.15) is 24.1 Å². The van der Waals surface area contributed by atoms with Crippen LogP contribution in [0.5, 0.6) is 5.75 Å². The smallest absolute Gasteiger partial charge is 0.263 e. The van der Waals surface area contributed by atoms with E-state index in [1.807, 2.05) is 31.2 Å². The van der Waals surface area contributed by atoms with Crippen LogP contribution >= 0.6 is 0 Å². The van der Waals surface area contributed by atoms with Crippen LogP contribution in [-0.2, 0) is 11.3 Å². The van der Waals surface area contributed by atoms with Gasteiger partial charge in [-0.2, -0.15) is 4.98 Å². The molecular formula is C20H23N5O3. The maximum absolute atomic E-state index is 12.8. The summed E-state index contributed by atoms with van der Waals surface area (Å²) in [5.74, 6) is 1.50. The summed E-state index contributed by atoms with van der Waals surface area (Å²) in [7, 11) is 1.63. The maximum atomic E-state index is 12.8. The van der Waals surface area contributed by atoms with Gasteiger partial charge in [0.05, 0.1) is 18.7 Å². The summed E-state index contributed by atoms with van der Waals surface area (Å²) in [6.45, 7) is 3.77. The Hall–Kier alpha value is -3.16. The van der Waals surface area contributed by atoms with Crippen molar-refractivity contribution in [1.29, 1.82) is 0 Å². The topological polar surface area (TPSA) is 93.4 Å². The predicted octanol–water partition coefficient (Wildman–Crippen LogP) is 2.47. The molecule has 146 valence electrons. The molecule has 0 bridgehead atoms. The zero-order valence-electron chi connectivity index (χ0n) is 16.0. The third kappa shape index (κ3) is 3.49. The predicted molar refractivity (Wildman–Crippen MR) is 104 cm³/mol. The number of carbonyl (C=O) groups excluding carboxylic acids is 1.